The lowest BCUT2D eigenvalue weighted by atomic mass is 9.80. The summed E-state index contributed by atoms with van der Waals surface area (Å²) in [5.41, 5.74) is 5.02. The third-order valence-electron chi connectivity index (χ3n) is 17.9. The van der Waals surface area contributed by atoms with Gasteiger partial charge in [-0.3, -0.25) is 61.9 Å². The van der Waals surface area contributed by atoms with Crippen molar-refractivity contribution < 1.29 is 113 Å². The van der Waals surface area contributed by atoms with Crippen LogP contribution < -0.4 is 4.90 Å². The summed E-state index contributed by atoms with van der Waals surface area (Å²) in [6.07, 6.45) is 15.5. The number of ether oxygens (including phenoxy) is 4. The maximum Gasteiger partial charge on any atom is 0.304 e. The van der Waals surface area contributed by atoms with Crippen molar-refractivity contribution in [2.75, 3.05) is 136 Å². The van der Waals surface area contributed by atoms with E-state index in [1.807, 2.05) is 33.8 Å². The fraction of sp³-hybridized carbons (Fsp3) is 0.556. The van der Waals surface area contributed by atoms with Crippen molar-refractivity contribution in [3.8, 4) is 0 Å². The monoisotopic (exact) mass is 1570 g/mol. The molecule has 40 nitrogen and oxygen atoms in total. The van der Waals surface area contributed by atoms with Crippen LogP contribution in [0.3, 0.4) is 0 Å². The van der Waals surface area contributed by atoms with Gasteiger partial charge in [0, 0.05) is 109 Å². The lowest BCUT2D eigenvalue weighted by molar-refractivity contribution is -0.532. The lowest BCUT2D eigenvalue weighted by Crippen LogP contribution is -2.31. The van der Waals surface area contributed by atoms with Crippen LogP contribution in [0.15, 0.2) is 90.3 Å². The molecule has 7 rings (SSSR count). The van der Waals surface area contributed by atoms with Crippen LogP contribution in [0.1, 0.15) is 105 Å². The average molecular weight is 1570 g/mol. The summed E-state index contributed by atoms with van der Waals surface area (Å²) in [6.45, 7) is 8.34. The van der Waals surface area contributed by atoms with Crippen LogP contribution in [-0.2, 0) is 115 Å². The summed E-state index contributed by atoms with van der Waals surface area (Å²) >= 11 is 0. The first-order chi connectivity index (χ1) is 53.9. The smallest absolute Gasteiger partial charge is 0.304 e. The van der Waals surface area contributed by atoms with Crippen LogP contribution in [-0.4, -0.2) is 321 Å². The molecule has 0 unspecified atom stereocenters. The molecule has 0 aliphatic heterocycles. The molecule has 5 aromatic rings. The van der Waals surface area contributed by atoms with E-state index in [9.17, 15) is 89.1 Å². The van der Waals surface area contributed by atoms with Gasteiger partial charge >= 0.3 is 47.8 Å². The first-order valence-corrected chi connectivity index (χ1v) is 37.0. The number of anilines is 1. The normalized spacial score (nSPS) is 12.9. The molecule has 0 saturated heterocycles. The first kappa shape index (κ1) is 88.3. The lowest BCUT2D eigenvalue weighted by Gasteiger charge is -2.26. The largest absolute Gasteiger partial charge is 0.506 e. The Kier molecular flexibility index (Phi) is 37.9. The van der Waals surface area contributed by atoms with Gasteiger partial charge in [0.15, 0.2) is 18.8 Å². The number of carbonyl (C=O) groups excluding carboxylic acids is 1. The van der Waals surface area contributed by atoms with Crippen molar-refractivity contribution in [3.63, 3.8) is 0 Å². The van der Waals surface area contributed by atoms with Gasteiger partial charge in [-0.1, -0.05) is 33.0 Å². The van der Waals surface area contributed by atoms with Gasteiger partial charge in [0.25, 0.3) is 0 Å². The molecule has 112 heavy (non-hydrogen) atoms. The predicted octanol–water partition coefficient (Wildman–Crippen LogP) is 2.02. The van der Waals surface area contributed by atoms with Gasteiger partial charge in [-0.05, 0) is 87.3 Å². The maximum absolute atomic E-state index is 14.1. The molecule has 0 spiro atoms. The van der Waals surface area contributed by atoms with Gasteiger partial charge in [0.05, 0.1) is 127 Å². The highest BCUT2D eigenvalue weighted by molar-refractivity contribution is 6.39. The minimum Gasteiger partial charge on any atom is -0.506 e. The summed E-state index contributed by atoms with van der Waals surface area (Å²) < 4.78 is 33.0. The fourth-order valence-electron chi connectivity index (χ4n) is 12.0. The van der Waals surface area contributed by atoms with Gasteiger partial charge in [0.2, 0.25) is 5.78 Å². The molecule has 610 valence electrons. The maximum atomic E-state index is 14.1. The fourth-order valence-corrected chi connectivity index (χ4v) is 12.0. The van der Waals surface area contributed by atoms with Crippen LogP contribution >= 0.6 is 0 Å². The van der Waals surface area contributed by atoms with Gasteiger partial charge in [-0.25, -0.2) is 4.58 Å². The number of allylic oxidation sites excluding steroid dienone is 7. The van der Waals surface area contributed by atoms with Crippen LogP contribution in [0, 0.1) is 0 Å². The van der Waals surface area contributed by atoms with E-state index in [-0.39, 0.29) is 179 Å². The number of rotatable bonds is 62. The van der Waals surface area contributed by atoms with E-state index in [4.69, 9.17) is 18.9 Å². The van der Waals surface area contributed by atoms with E-state index in [2.05, 4.69) is 41.2 Å². The Morgan fingerprint density at radius 2 is 0.652 bits per heavy atom. The predicted molar refractivity (Wildman–Crippen MR) is 394 cm³/mol. The number of ketones is 1. The van der Waals surface area contributed by atoms with Gasteiger partial charge < -0.3 is 89.4 Å². The van der Waals surface area contributed by atoms with E-state index in [0.29, 0.717) is 138 Å². The summed E-state index contributed by atoms with van der Waals surface area (Å²) in [4.78, 5) is 113. The summed E-state index contributed by atoms with van der Waals surface area (Å²) in [5, 5.41) is 119. The summed E-state index contributed by atoms with van der Waals surface area (Å²) in [5.74, 6) is -8.32. The number of carboxylic acid groups (broad SMARTS) is 8. The summed E-state index contributed by atoms with van der Waals surface area (Å²) in [7, 11) is 0. The molecule has 0 amide bonds. The highest BCUT2D eigenvalue weighted by atomic mass is 16.5. The quantitative estimate of drug-likeness (QED) is 0.0153. The average Bonchev–Trinajstić information content (AvgIpc) is 0.842. The molecule has 0 saturated carbocycles. The number of aliphatic hydroxyl groups excluding tert-OH is 1. The van der Waals surface area contributed by atoms with Crippen molar-refractivity contribution in [2.45, 2.75) is 130 Å². The highest BCUT2D eigenvalue weighted by Gasteiger charge is 2.37. The van der Waals surface area contributed by atoms with Gasteiger partial charge in [-0.15, -0.1) is 20.4 Å². The Morgan fingerprint density at radius 3 is 0.929 bits per heavy atom. The number of Topliss-reactive ketones (excluding diaryl/α,β-unsaturated/α-hetero) is 1. The molecule has 2 aliphatic rings. The van der Waals surface area contributed by atoms with Crippen molar-refractivity contribution >= 4 is 70.5 Å². The number of hydrogen-bond acceptors (Lipinski definition) is 27. The molecule has 0 atom stereocenters. The Labute approximate surface area is 644 Å². The topological polar surface area (TPSA) is 515 Å². The Balaban J connectivity index is 0.989. The number of benzene rings is 1. The van der Waals surface area contributed by atoms with Crippen molar-refractivity contribution in [3.05, 3.63) is 119 Å². The molecule has 0 fully saturated rings. The van der Waals surface area contributed by atoms with Gasteiger partial charge in [0.1, 0.15) is 41.7 Å². The number of nitrogens with zero attached hydrogens (tertiary/aromatic N) is 18. The zero-order chi connectivity index (χ0) is 80.6. The SMILES string of the molecule is O=C(O)CCN(CCCn1cc(COCCN(CCOCc2cn(CCCN(CCC(=O)O)CCC(=O)O)nn2)c2ccc(C3=C(O)C(=C4C=CC(=[N+](CCOCc5cn(CCCN(CCC(=O)O)CCC(=O)O)nn5)CCOCc5cn(CCCN(CCC(=O)O)CCC(=O)O)nn5)C=C4)C3=O)cc2)nn1)CCC(=O)O. The zero-order valence-electron chi connectivity index (χ0n) is 62.6. The van der Waals surface area contributed by atoms with Crippen LogP contribution in [0.25, 0.3) is 5.57 Å². The standard InChI is InChI=1S/C72H100N18O22/c91-61(92)13-29-81(30-14-62(93)94)21-1-25-87-45-55(73-77-87)49-109-41-37-85(38-42-110-50-56-46-88(78-74-56)26-2-22-82(31-15-63(95)96)32-16-64(97)98)59-9-5-53(6-10-59)69-71(107)70(72(69)108)54-7-11-60(12-8-54)86(39-43-111-51-57-47-89(79-75-57)27-3-23-83(33-17-65(99)100)34-18-66(101)102)40-44-112-52-58-48-90(80-76-58)28-4-24-84(35-19-67(103)104)36-20-68(105)106/h5-12,45-48H,1-4,13-44,49-52H2,(H8-,91,92,93,94,95,96,97,98,99,100,101,102,103,104,105,106,107,108)/p+1. The molecule has 0 bridgehead atoms. The number of aryl methyl sites for hydroxylation is 4. The van der Waals surface area contributed by atoms with Crippen molar-refractivity contribution in [1.82, 2.24) is 79.6 Å². The van der Waals surface area contributed by atoms with E-state index in [1.165, 1.54) is 0 Å². The molecule has 4 heterocycles. The van der Waals surface area contributed by atoms with E-state index in [0.717, 1.165) is 11.4 Å². The second-order valence-corrected chi connectivity index (χ2v) is 26.5. The third-order valence-corrected chi connectivity index (χ3v) is 17.9. The third kappa shape index (κ3) is 33.4. The zero-order valence-corrected chi connectivity index (χ0v) is 62.6. The number of carbonyl (C=O) groups is 9. The van der Waals surface area contributed by atoms with E-state index < -0.39 is 47.8 Å². The summed E-state index contributed by atoms with van der Waals surface area (Å²) in [6, 6.07) is 7.16. The number of carboxylic acids is 8. The first-order valence-electron chi connectivity index (χ1n) is 37.0. The van der Waals surface area contributed by atoms with Gasteiger partial charge in [-0.2, -0.15) is 0 Å². The van der Waals surface area contributed by atoms with Crippen LogP contribution in [0.4, 0.5) is 5.69 Å². The van der Waals surface area contributed by atoms with Crippen molar-refractivity contribution in [2.24, 2.45) is 0 Å². The molecule has 2 aliphatic carbocycles. The minimum atomic E-state index is -0.974. The Morgan fingerprint density at radius 1 is 0.366 bits per heavy atom. The number of aromatic nitrogens is 12. The molecule has 1 aromatic carbocycles. The highest BCUT2D eigenvalue weighted by Crippen LogP contribution is 2.39. The van der Waals surface area contributed by atoms with Crippen LogP contribution in [0.5, 0.6) is 0 Å². The molecular weight excluding hydrogens is 1470 g/mol. The van der Waals surface area contributed by atoms with Crippen molar-refractivity contribution in [1.29, 1.82) is 0 Å². The second kappa shape index (κ2) is 48.0. The van der Waals surface area contributed by atoms with E-state index >= 15 is 0 Å². The second-order valence-electron chi connectivity index (χ2n) is 26.5. The molecule has 40 heteroatoms. The Bertz CT molecular complexity index is 3770. The van der Waals surface area contributed by atoms with Crippen LogP contribution in [0.2, 0.25) is 0 Å². The molecular formula is C72H101N18O22+. The Hall–Kier alpha value is -10.9. The minimum absolute atomic E-state index is 0.116. The van der Waals surface area contributed by atoms with E-state index in [1.54, 1.807) is 87.4 Å². The number of aliphatic hydroxyl groups is 1. The molecule has 9 N–H and O–H groups in total. The molecule has 4 aromatic heterocycles. The molecule has 0 radical (unpaired) electrons. The number of hydrogen-bond donors (Lipinski definition) is 9. The number of aliphatic carboxylic acids is 8.